The summed E-state index contributed by atoms with van der Waals surface area (Å²) in [5.74, 6) is 2.80. The Morgan fingerprint density at radius 3 is 2.71 bits per heavy atom. The maximum Gasteiger partial charge on any atom is 0.257 e. The summed E-state index contributed by atoms with van der Waals surface area (Å²) in [4.78, 5) is 25.1. The van der Waals surface area contributed by atoms with E-state index < -0.39 is 12.3 Å². The summed E-state index contributed by atoms with van der Waals surface area (Å²) in [5, 5.41) is 8.33. The molecule has 7 rings (SSSR count). The van der Waals surface area contributed by atoms with Gasteiger partial charge in [0.05, 0.1) is 0 Å². The Morgan fingerprint density at radius 2 is 1.95 bits per heavy atom. The first-order chi connectivity index (χ1) is 19.9. The van der Waals surface area contributed by atoms with Gasteiger partial charge in [-0.2, -0.15) is 9.97 Å². The van der Waals surface area contributed by atoms with Gasteiger partial charge in [0, 0.05) is 47.4 Å². The van der Waals surface area contributed by atoms with Crippen LogP contribution in [0.2, 0.25) is 0 Å². The molecule has 3 unspecified atom stereocenters. The molecule has 2 aromatic heterocycles. The Morgan fingerprint density at radius 1 is 1.10 bits per heavy atom. The molecule has 41 heavy (non-hydrogen) atoms. The average Bonchev–Trinajstić information content (AvgIpc) is 3.47. The van der Waals surface area contributed by atoms with E-state index in [9.17, 15) is 13.6 Å². The van der Waals surface area contributed by atoms with Gasteiger partial charge >= 0.3 is 0 Å². The molecule has 218 valence electrons. The molecule has 3 aromatic rings. The van der Waals surface area contributed by atoms with Crippen molar-refractivity contribution in [3.8, 4) is 11.5 Å². The van der Waals surface area contributed by atoms with E-state index in [1.807, 2.05) is 36.1 Å². The van der Waals surface area contributed by atoms with E-state index in [2.05, 4.69) is 15.3 Å². The van der Waals surface area contributed by atoms with Gasteiger partial charge in [-0.1, -0.05) is 36.1 Å². The lowest BCUT2D eigenvalue weighted by Gasteiger charge is -2.48. The SMILES string of the molecule is CCc1noc(-c2cccc(N(CC3CCC4(c5nc(C6CC6)no5)CCCC3C4)C(=O)C3CC(C(F)F)C3)c2)n1. The molecule has 1 aromatic carbocycles. The average molecular weight is 566 g/mol. The molecule has 3 atom stereocenters. The molecule has 4 aliphatic rings. The summed E-state index contributed by atoms with van der Waals surface area (Å²) in [7, 11) is 0. The largest absolute Gasteiger partial charge is 0.339 e. The Kier molecular flexibility index (Phi) is 6.90. The van der Waals surface area contributed by atoms with Crippen LogP contribution >= 0.6 is 0 Å². The standard InChI is InChI=1S/C31H37F2N5O3/c1-2-25-34-28(40-36-25)19-5-3-7-24(15-19)38(29(39)23-13-22(14-23)26(32)33)17-21-10-12-31(11-4-6-20(21)16-31)30-35-27(37-41-30)18-8-9-18/h3,5,7,15,18,20-23,26H,2,4,6,8-14,16-17H2,1H3. The van der Waals surface area contributed by atoms with Crippen LogP contribution in [0.5, 0.6) is 0 Å². The van der Waals surface area contributed by atoms with Gasteiger partial charge in [0.15, 0.2) is 11.6 Å². The van der Waals surface area contributed by atoms with Crippen molar-refractivity contribution in [1.29, 1.82) is 0 Å². The van der Waals surface area contributed by atoms with Crippen LogP contribution < -0.4 is 4.90 Å². The topological polar surface area (TPSA) is 98.1 Å². The summed E-state index contributed by atoms with van der Waals surface area (Å²) in [6.45, 7) is 2.53. The van der Waals surface area contributed by atoms with Crippen molar-refractivity contribution in [1.82, 2.24) is 20.3 Å². The number of aryl methyl sites for hydroxylation is 1. The van der Waals surface area contributed by atoms with Gasteiger partial charge in [-0.25, -0.2) is 8.78 Å². The van der Waals surface area contributed by atoms with E-state index in [0.717, 1.165) is 74.3 Å². The Labute approximate surface area is 238 Å². The highest BCUT2D eigenvalue weighted by Gasteiger charge is 2.49. The lowest BCUT2D eigenvalue weighted by atomic mass is 9.58. The van der Waals surface area contributed by atoms with Gasteiger partial charge in [-0.05, 0) is 81.4 Å². The molecule has 4 saturated carbocycles. The Balaban J connectivity index is 1.13. The van der Waals surface area contributed by atoms with E-state index in [0.29, 0.717) is 42.4 Å². The van der Waals surface area contributed by atoms with E-state index in [-0.39, 0.29) is 30.1 Å². The number of carbonyl (C=O) groups excluding carboxylic acids is 1. The van der Waals surface area contributed by atoms with Gasteiger partial charge < -0.3 is 13.9 Å². The molecule has 0 N–H and O–H groups in total. The maximum absolute atomic E-state index is 13.9. The van der Waals surface area contributed by atoms with Gasteiger partial charge in [0.2, 0.25) is 18.2 Å². The highest BCUT2D eigenvalue weighted by Crippen LogP contribution is 2.53. The molecule has 0 radical (unpaired) electrons. The van der Waals surface area contributed by atoms with Crippen LogP contribution in [0, 0.1) is 23.7 Å². The van der Waals surface area contributed by atoms with E-state index in [1.165, 1.54) is 0 Å². The Bertz CT molecular complexity index is 1400. The van der Waals surface area contributed by atoms with Gasteiger partial charge in [0.1, 0.15) is 0 Å². The number of halogens is 2. The van der Waals surface area contributed by atoms with Crippen LogP contribution in [-0.2, 0) is 16.6 Å². The molecule has 8 nitrogen and oxygen atoms in total. The third-order valence-corrected chi connectivity index (χ3v) is 10.1. The van der Waals surface area contributed by atoms with Crippen molar-refractivity contribution in [2.75, 3.05) is 11.4 Å². The van der Waals surface area contributed by atoms with E-state index >= 15 is 0 Å². The molecule has 10 heteroatoms. The number of amides is 1. The van der Waals surface area contributed by atoms with E-state index in [4.69, 9.17) is 14.0 Å². The number of hydrogen-bond donors (Lipinski definition) is 0. The summed E-state index contributed by atoms with van der Waals surface area (Å²) in [5.41, 5.74) is 1.43. The lowest BCUT2D eigenvalue weighted by molar-refractivity contribution is -0.129. The number of alkyl halides is 2. The molecular formula is C31H37F2N5O3. The quantitative estimate of drug-likeness (QED) is 0.284. The number of nitrogens with zero attached hydrogens (tertiary/aromatic N) is 5. The van der Waals surface area contributed by atoms with Gasteiger partial charge in [-0.15, -0.1) is 0 Å². The number of carbonyl (C=O) groups is 1. The third kappa shape index (κ3) is 5.07. The minimum Gasteiger partial charge on any atom is -0.339 e. The first-order valence-corrected chi connectivity index (χ1v) is 15.3. The summed E-state index contributed by atoms with van der Waals surface area (Å²) >= 11 is 0. The highest BCUT2D eigenvalue weighted by molar-refractivity contribution is 5.96. The number of hydrogen-bond acceptors (Lipinski definition) is 7. The maximum atomic E-state index is 13.9. The van der Waals surface area contributed by atoms with Gasteiger partial charge in [0.25, 0.3) is 5.89 Å². The zero-order chi connectivity index (χ0) is 28.1. The van der Waals surface area contributed by atoms with Crippen molar-refractivity contribution in [2.24, 2.45) is 23.7 Å². The van der Waals surface area contributed by atoms with Crippen LogP contribution in [0.3, 0.4) is 0 Å². The van der Waals surface area contributed by atoms with Crippen molar-refractivity contribution in [3.63, 3.8) is 0 Å². The molecule has 0 aliphatic heterocycles. The zero-order valence-corrected chi connectivity index (χ0v) is 23.5. The molecule has 4 fully saturated rings. The van der Waals surface area contributed by atoms with Crippen LogP contribution in [-0.4, -0.2) is 39.2 Å². The van der Waals surface area contributed by atoms with E-state index in [1.54, 1.807) is 0 Å². The lowest BCUT2D eigenvalue weighted by Crippen LogP contribution is -2.49. The Hall–Kier alpha value is -3.17. The monoisotopic (exact) mass is 565 g/mol. The van der Waals surface area contributed by atoms with Crippen LogP contribution in [0.1, 0.15) is 94.6 Å². The number of aromatic nitrogens is 4. The van der Waals surface area contributed by atoms with Crippen LogP contribution in [0.15, 0.2) is 33.3 Å². The van der Waals surface area contributed by atoms with Crippen LogP contribution in [0.4, 0.5) is 14.5 Å². The molecule has 4 aliphatic carbocycles. The molecule has 0 saturated heterocycles. The van der Waals surface area contributed by atoms with Crippen LogP contribution in [0.25, 0.3) is 11.5 Å². The first-order valence-electron chi connectivity index (χ1n) is 15.3. The predicted octanol–water partition coefficient (Wildman–Crippen LogP) is 6.72. The summed E-state index contributed by atoms with van der Waals surface area (Å²) < 4.78 is 37.9. The second-order valence-electron chi connectivity index (χ2n) is 12.8. The van der Waals surface area contributed by atoms with Gasteiger partial charge in [-0.3, -0.25) is 4.79 Å². The number of anilines is 1. The number of benzene rings is 1. The second-order valence-corrected chi connectivity index (χ2v) is 12.8. The predicted molar refractivity (Wildman–Crippen MR) is 146 cm³/mol. The van der Waals surface area contributed by atoms with Crippen molar-refractivity contribution in [3.05, 3.63) is 41.8 Å². The molecule has 0 spiro atoms. The molecule has 2 heterocycles. The fourth-order valence-electron chi connectivity index (χ4n) is 7.40. The number of rotatable bonds is 9. The van der Waals surface area contributed by atoms with Crippen molar-refractivity contribution in [2.45, 2.75) is 95.3 Å². The van der Waals surface area contributed by atoms with Crippen molar-refractivity contribution < 1.29 is 22.6 Å². The summed E-state index contributed by atoms with van der Waals surface area (Å²) in [6, 6.07) is 7.63. The first kappa shape index (κ1) is 26.7. The minimum absolute atomic E-state index is 0.0579. The third-order valence-electron chi connectivity index (χ3n) is 10.1. The minimum atomic E-state index is -2.38. The fraction of sp³-hybridized carbons (Fsp3) is 0.645. The number of fused-ring (bicyclic) bond motifs is 2. The normalized spacial score (nSPS) is 29.4. The highest BCUT2D eigenvalue weighted by atomic mass is 19.3. The molecular weight excluding hydrogens is 528 g/mol. The smallest absolute Gasteiger partial charge is 0.257 e. The molecule has 2 bridgehead atoms. The van der Waals surface area contributed by atoms with Crippen molar-refractivity contribution >= 4 is 11.6 Å². The zero-order valence-electron chi connectivity index (χ0n) is 23.5. The summed E-state index contributed by atoms with van der Waals surface area (Å²) in [6.07, 6.45) is 7.25. The second kappa shape index (κ2) is 10.6. The fourth-order valence-corrected chi connectivity index (χ4v) is 7.40. The molecule has 1 amide bonds.